The fraction of sp³-hybridized carbons (Fsp3) is 1.00. The minimum Gasteiger partial charge on any atom is -0.382 e. The van der Waals surface area contributed by atoms with Gasteiger partial charge >= 0.3 is 0 Å². The SMILES string of the molecule is COCCOCCNC1CC2CCCC(C1)N2C. The fourth-order valence-electron chi connectivity index (χ4n) is 3.36. The van der Waals surface area contributed by atoms with Crippen LogP contribution >= 0.6 is 0 Å². The smallest absolute Gasteiger partial charge is 0.0700 e. The minimum atomic E-state index is 0.693. The zero-order valence-electron chi connectivity index (χ0n) is 11.9. The van der Waals surface area contributed by atoms with E-state index in [1.807, 2.05) is 0 Å². The van der Waals surface area contributed by atoms with Crippen molar-refractivity contribution in [2.75, 3.05) is 40.5 Å². The summed E-state index contributed by atoms with van der Waals surface area (Å²) in [7, 11) is 4.01. The van der Waals surface area contributed by atoms with Crippen LogP contribution in [0.4, 0.5) is 0 Å². The molecule has 2 unspecified atom stereocenters. The predicted molar refractivity (Wildman–Crippen MR) is 72.9 cm³/mol. The van der Waals surface area contributed by atoms with E-state index in [1.54, 1.807) is 7.11 Å². The molecule has 2 bridgehead atoms. The van der Waals surface area contributed by atoms with Gasteiger partial charge < -0.3 is 19.7 Å². The van der Waals surface area contributed by atoms with Gasteiger partial charge in [-0.05, 0) is 32.7 Å². The summed E-state index contributed by atoms with van der Waals surface area (Å²) >= 11 is 0. The first-order valence-electron chi connectivity index (χ1n) is 7.33. The summed E-state index contributed by atoms with van der Waals surface area (Å²) in [4.78, 5) is 2.61. The molecule has 2 atom stereocenters. The van der Waals surface area contributed by atoms with Crippen LogP contribution in [0.2, 0.25) is 0 Å². The molecule has 0 saturated carbocycles. The third-order valence-corrected chi connectivity index (χ3v) is 4.45. The first-order chi connectivity index (χ1) is 8.81. The molecule has 2 rings (SSSR count). The molecule has 0 radical (unpaired) electrons. The number of nitrogens with one attached hydrogen (secondary N) is 1. The molecule has 0 aromatic heterocycles. The molecule has 4 nitrogen and oxygen atoms in total. The van der Waals surface area contributed by atoms with Gasteiger partial charge in [0.1, 0.15) is 0 Å². The predicted octanol–water partition coefficient (Wildman–Crippen LogP) is 1.25. The van der Waals surface area contributed by atoms with Crippen LogP contribution in [0.25, 0.3) is 0 Å². The van der Waals surface area contributed by atoms with Crippen molar-refractivity contribution in [1.82, 2.24) is 10.2 Å². The highest BCUT2D eigenvalue weighted by Crippen LogP contribution is 2.32. The maximum Gasteiger partial charge on any atom is 0.0700 e. The highest BCUT2D eigenvalue weighted by Gasteiger charge is 2.35. The summed E-state index contributed by atoms with van der Waals surface area (Å²) in [5, 5.41) is 3.66. The Bertz CT molecular complexity index is 224. The minimum absolute atomic E-state index is 0.693. The van der Waals surface area contributed by atoms with E-state index in [4.69, 9.17) is 9.47 Å². The van der Waals surface area contributed by atoms with Crippen molar-refractivity contribution in [2.45, 2.75) is 50.2 Å². The van der Waals surface area contributed by atoms with E-state index in [2.05, 4.69) is 17.3 Å². The molecule has 2 aliphatic rings. The largest absolute Gasteiger partial charge is 0.382 e. The lowest BCUT2D eigenvalue weighted by Crippen LogP contribution is -2.54. The lowest BCUT2D eigenvalue weighted by molar-refractivity contribution is 0.0419. The van der Waals surface area contributed by atoms with Crippen molar-refractivity contribution < 1.29 is 9.47 Å². The molecule has 106 valence electrons. The van der Waals surface area contributed by atoms with E-state index in [0.29, 0.717) is 19.3 Å². The summed E-state index contributed by atoms with van der Waals surface area (Å²) in [6.07, 6.45) is 6.81. The van der Waals surface area contributed by atoms with Gasteiger partial charge in [-0.15, -0.1) is 0 Å². The number of hydrogen-bond donors (Lipinski definition) is 1. The molecule has 0 aromatic carbocycles. The number of piperidine rings is 2. The van der Waals surface area contributed by atoms with E-state index < -0.39 is 0 Å². The topological polar surface area (TPSA) is 33.7 Å². The fourth-order valence-corrected chi connectivity index (χ4v) is 3.36. The van der Waals surface area contributed by atoms with Crippen molar-refractivity contribution in [2.24, 2.45) is 0 Å². The molecule has 0 aliphatic carbocycles. The Morgan fingerprint density at radius 3 is 2.50 bits per heavy atom. The quantitative estimate of drug-likeness (QED) is 0.695. The van der Waals surface area contributed by atoms with Crippen LogP contribution in [0.5, 0.6) is 0 Å². The molecule has 0 spiro atoms. The Hall–Kier alpha value is -0.160. The van der Waals surface area contributed by atoms with Crippen molar-refractivity contribution in [1.29, 1.82) is 0 Å². The average molecular weight is 256 g/mol. The molecule has 0 amide bonds. The summed E-state index contributed by atoms with van der Waals surface area (Å²) in [5.41, 5.74) is 0. The Morgan fingerprint density at radius 1 is 1.11 bits per heavy atom. The average Bonchev–Trinajstić information content (AvgIpc) is 2.34. The molecule has 1 N–H and O–H groups in total. The van der Waals surface area contributed by atoms with Crippen LogP contribution in [-0.2, 0) is 9.47 Å². The van der Waals surface area contributed by atoms with Gasteiger partial charge in [0.05, 0.1) is 19.8 Å². The van der Waals surface area contributed by atoms with Crippen molar-refractivity contribution in [3.8, 4) is 0 Å². The number of hydrogen-bond acceptors (Lipinski definition) is 4. The molecule has 2 heterocycles. The lowest BCUT2D eigenvalue weighted by Gasteiger charge is -2.47. The van der Waals surface area contributed by atoms with Gasteiger partial charge in [0.15, 0.2) is 0 Å². The van der Waals surface area contributed by atoms with Gasteiger partial charge in [-0.2, -0.15) is 0 Å². The third kappa shape index (κ3) is 3.92. The second-order valence-corrected chi connectivity index (χ2v) is 5.63. The Kier molecular flexibility index (Phi) is 5.89. The lowest BCUT2D eigenvalue weighted by atomic mass is 9.82. The molecule has 2 fully saturated rings. The third-order valence-electron chi connectivity index (χ3n) is 4.45. The van der Waals surface area contributed by atoms with Gasteiger partial charge in [0.2, 0.25) is 0 Å². The van der Waals surface area contributed by atoms with Crippen molar-refractivity contribution >= 4 is 0 Å². The number of methoxy groups -OCH3 is 1. The van der Waals surface area contributed by atoms with Crippen LogP contribution in [-0.4, -0.2) is 63.5 Å². The van der Waals surface area contributed by atoms with Gasteiger partial charge in [-0.3, -0.25) is 0 Å². The van der Waals surface area contributed by atoms with Crippen LogP contribution in [0.15, 0.2) is 0 Å². The van der Waals surface area contributed by atoms with Crippen molar-refractivity contribution in [3.63, 3.8) is 0 Å². The monoisotopic (exact) mass is 256 g/mol. The number of rotatable bonds is 7. The van der Waals surface area contributed by atoms with E-state index >= 15 is 0 Å². The highest BCUT2D eigenvalue weighted by atomic mass is 16.5. The van der Waals surface area contributed by atoms with E-state index in [-0.39, 0.29) is 0 Å². The van der Waals surface area contributed by atoms with Gasteiger partial charge in [0, 0.05) is 31.8 Å². The van der Waals surface area contributed by atoms with Crippen LogP contribution < -0.4 is 5.32 Å². The molecular formula is C14H28N2O2. The van der Waals surface area contributed by atoms with Crippen molar-refractivity contribution in [3.05, 3.63) is 0 Å². The van der Waals surface area contributed by atoms with Gasteiger partial charge in [-0.1, -0.05) is 6.42 Å². The second kappa shape index (κ2) is 7.43. The first-order valence-corrected chi connectivity index (χ1v) is 7.33. The molecule has 18 heavy (non-hydrogen) atoms. The molecule has 0 aromatic rings. The van der Waals surface area contributed by atoms with Crippen LogP contribution in [0.1, 0.15) is 32.1 Å². The Labute approximate surface area is 111 Å². The second-order valence-electron chi connectivity index (χ2n) is 5.63. The zero-order valence-corrected chi connectivity index (χ0v) is 11.9. The summed E-state index contributed by atoms with van der Waals surface area (Å²) in [6.45, 7) is 3.16. The molecule has 4 heteroatoms. The van der Waals surface area contributed by atoms with Crippen LogP contribution in [0, 0.1) is 0 Å². The molecule has 2 saturated heterocycles. The van der Waals surface area contributed by atoms with E-state index in [0.717, 1.165) is 25.2 Å². The number of ether oxygens (including phenoxy) is 2. The van der Waals surface area contributed by atoms with E-state index in [1.165, 1.54) is 32.1 Å². The maximum absolute atomic E-state index is 5.48. The van der Waals surface area contributed by atoms with E-state index in [9.17, 15) is 0 Å². The molecular weight excluding hydrogens is 228 g/mol. The summed E-state index contributed by atoms with van der Waals surface area (Å²) in [5.74, 6) is 0. The highest BCUT2D eigenvalue weighted by molar-refractivity contribution is 4.93. The Balaban J connectivity index is 1.60. The molecule has 2 aliphatic heterocycles. The number of fused-ring (bicyclic) bond motifs is 2. The normalized spacial score (nSPS) is 32.7. The van der Waals surface area contributed by atoms with Gasteiger partial charge in [0.25, 0.3) is 0 Å². The van der Waals surface area contributed by atoms with Crippen LogP contribution in [0.3, 0.4) is 0 Å². The summed E-state index contributed by atoms with van der Waals surface area (Å²) in [6, 6.07) is 2.32. The van der Waals surface area contributed by atoms with Gasteiger partial charge in [-0.25, -0.2) is 0 Å². The summed E-state index contributed by atoms with van der Waals surface area (Å²) < 4.78 is 10.4. The zero-order chi connectivity index (χ0) is 12.8. The first kappa shape index (κ1) is 14.3. The maximum atomic E-state index is 5.48. The standard InChI is InChI=1S/C14H28N2O2/c1-16-13-4-3-5-14(16)11-12(10-13)15-6-7-18-9-8-17-2/h12-15H,3-11H2,1-2H3. The number of nitrogens with zero attached hydrogens (tertiary/aromatic N) is 1. The Morgan fingerprint density at radius 2 is 1.83 bits per heavy atom.